The number of rotatable bonds is 4. The molecule has 35 heavy (non-hydrogen) atoms. The van der Waals surface area contributed by atoms with Crippen molar-refractivity contribution in [1.82, 2.24) is 24.6 Å². The number of halogens is 3. The van der Waals surface area contributed by atoms with E-state index in [4.69, 9.17) is 5.73 Å². The predicted octanol–water partition coefficient (Wildman–Crippen LogP) is 4.26. The third kappa shape index (κ3) is 4.23. The average Bonchev–Trinajstić information content (AvgIpc) is 3.26. The van der Waals surface area contributed by atoms with Crippen LogP contribution >= 0.6 is 0 Å². The molecule has 11 heteroatoms. The molecule has 4 aromatic heterocycles. The minimum atomic E-state index is -4.51. The number of nitrogens with zero attached hydrogens (tertiary/aromatic N) is 6. The number of aryl methyl sites for hydroxylation is 1. The summed E-state index contributed by atoms with van der Waals surface area (Å²) in [5.41, 5.74) is 8.00. The molecule has 0 atom stereocenters. The van der Waals surface area contributed by atoms with Crippen LogP contribution in [0.25, 0.3) is 22.1 Å². The maximum absolute atomic E-state index is 13.7. The molecule has 1 amide bonds. The Labute approximate surface area is 196 Å². The number of imidazole rings is 1. The number of amides is 1. The molecule has 1 aromatic carbocycles. The van der Waals surface area contributed by atoms with E-state index in [1.54, 1.807) is 36.5 Å². The van der Waals surface area contributed by atoms with Crippen molar-refractivity contribution < 1.29 is 18.0 Å². The number of fused-ring (bicyclic) bond motifs is 2. The number of hydrogen-bond acceptors (Lipinski definition) is 6. The van der Waals surface area contributed by atoms with E-state index < -0.39 is 17.6 Å². The third-order valence-electron chi connectivity index (χ3n) is 5.54. The summed E-state index contributed by atoms with van der Waals surface area (Å²) in [5.74, 6) is -0.0180. The first kappa shape index (κ1) is 22.3. The second-order valence-corrected chi connectivity index (χ2v) is 7.93. The zero-order chi connectivity index (χ0) is 24.7. The van der Waals surface area contributed by atoms with Crippen molar-refractivity contribution in [3.05, 3.63) is 89.6 Å². The molecular weight excluding hydrogens is 459 g/mol. The lowest BCUT2D eigenvalue weighted by molar-refractivity contribution is -0.137. The molecular formula is C24H18F3N7O. The van der Waals surface area contributed by atoms with Gasteiger partial charge in [-0.2, -0.15) is 13.2 Å². The van der Waals surface area contributed by atoms with Crippen LogP contribution in [0.1, 0.15) is 27.2 Å². The standard InChI is InChI=1S/C24H18F3N7O/c1-14-9-16-10-15(4-7-19(16)32-21(14)28)23(35)33(34-13-31-20-3-2-8-29-22(20)34)12-18-6-5-17(11-30-18)24(25,26)27/h2-11,13H,12H2,1H3,(H2,28,32). The van der Waals surface area contributed by atoms with Gasteiger partial charge in [0.2, 0.25) is 0 Å². The fourth-order valence-electron chi connectivity index (χ4n) is 3.68. The highest BCUT2D eigenvalue weighted by Crippen LogP contribution is 2.28. The molecule has 4 heterocycles. The van der Waals surface area contributed by atoms with Gasteiger partial charge in [0, 0.05) is 23.3 Å². The molecule has 0 fully saturated rings. The van der Waals surface area contributed by atoms with Gasteiger partial charge in [-0.05, 0) is 61.0 Å². The van der Waals surface area contributed by atoms with E-state index in [9.17, 15) is 18.0 Å². The Morgan fingerprint density at radius 2 is 1.89 bits per heavy atom. The molecule has 5 rings (SSSR count). The smallest absolute Gasteiger partial charge is 0.383 e. The predicted molar refractivity (Wildman–Crippen MR) is 124 cm³/mol. The summed E-state index contributed by atoms with van der Waals surface area (Å²) in [6, 6.07) is 12.5. The van der Waals surface area contributed by atoms with Gasteiger partial charge in [0.25, 0.3) is 5.91 Å². The minimum absolute atomic E-state index is 0.115. The number of aromatic nitrogens is 5. The monoisotopic (exact) mass is 477 g/mol. The van der Waals surface area contributed by atoms with Gasteiger partial charge in [-0.25, -0.2) is 24.6 Å². The van der Waals surface area contributed by atoms with E-state index in [2.05, 4.69) is 19.9 Å². The van der Waals surface area contributed by atoms with Crippen LogP contribution < -0.4 is 10.7 Å². The number of nitrogen functional groups attached to an aromatic ring is 1. The van der Waals surface area contributed by atoms with Crippen LogP contribution in [0, 0.1) is 6.92 Å². The van der Waals surface area contributed by atoms with E-state index in [1.165, 1.54) is 22.1 Å². The van der Waals surface area contributed by atoms with E-state index in [0.717, 1.165) is 23.2 Å². The molecule has 0 saturated heterocycles. The van der Waals surface area contributed by atoms with Crippen LogP contribution in [0.3, 0.4) is 0 Å². The summed E-state index contributed by atoms with van der Waals surface area (Å²) in [6.07, 6.45) is -0.759. The largest absolute Gasteiger partial charge is 0.417 e. The van der Waals surface area contributed by atoms with Crippen LogP contribution in [0.5, 0.6) is 0 Å². The Morgan fingerprint density at radius 1 is 1.06 bits per heavy atom. The molecule has 0 unspecified atom stereocenters. The first-order chi connectivity index (χ1) is 16.7. The molecule has 0 bridgehead atoms. The number of alkyl halides is 3. The van der Waals surface area contributed by atoms with Gasteiger partial charge in [-0.3, -0.25) is 9.78 Å². The zero-order valence-electron chi connectivity index (χ0n) is 18.4. The molecule has 2 N–H and O–H groups in total. The Hall–Kier alpha value is -4.54. The number of carbonyl (C=O) groups is 1. The van der Waals surface area contributed by atoms with Crippen LogP contribution in [-0.2, 0) is 12.7 Å². The lowest BCUT2D eigenvalue weighted by Crippen LogP contribution is -2.40. The number of carbonyl (C=O) groups excluding carboxylic acids is 1. The highest BCUT2D eigenvalue weighted by atomic mass is 19.4. The van der Waals surface area contributed by atoms with Gasteiger partial charge in [-0.1, -0.05) is 0 Å². The average molecular weight is 477 g/mol. The van der Waals surface area contributed by atoms with Crippen LogP contribution in [-0.4, -0.2) is 30.5 Å². The molecule has 0 aliphatic rings. The van der Waals surface area contributed by atoms with Crippen molar-refractivity contribution in [2.24, 2.45) is 0 Å². The topological polar surface area (TPSA) is 103 Å². The van der Waals surface area contributed by atoms with Gasteiger partial charge in [0.05, 0.1) is 23.3 Å². The summed E-state index contributed by atoms with van der Waals surface area (Å²) in [6.45, 7) is 1.71. The van der Waals surface area contributed by atoms with Crippen molar-refractivity contribution in [2.45, 2.75) is 19.6 Å². The summed E-state index contributed by atoms with van der Waals surface area (Å²) in [7, 11) is 0. The number of anilines is 1. The fraction of sp³-hybridized carbons (Fsp3) is 0.125. The first-order valence-corrected chi connectivity index (χ1v) is 10.5. The lowest BCUT2D eigenvalue weighted by Gasteiger charge is -2.24. The fourth-order valence-corrected chi connectivity index (χ4v) is 3.68. The molecule has 0 aliphatic heterocycles. The molecule has 0 spiro atoms. The quantitative estimate of drug-likeness (QED) is 0.415. The van der Waals surface area contributed by atoms with Gasteiger partial charge in [-0.15, -0.1) is 0 Å². The normalized spacial score (nSPS) is 11.8. The van der Waals surface area contributed by atoms with E-state index >= 15 is 0 Å². The van der Waals surface area contributed by atoms with E-state index in [1.807, 2.05) is 13.0 Å². The molecule has 176 valence electrons. The summed E-state index contributed by atoms with van der Waals surface area (Å²) in [5, 5.41) is 2.06. The Balaban J connectivity index is 1.57. The maximum atomic E-state index is 13.7. The van der Waals surface area contributed by atoms with Crippen LogP contribution in [0.4, 0.5) is 19.0 Å². The number of pyridine rings is 3. The van der Waals surface area contributed by atoms with Gasteiger partial charge >= 0.3 is 6.18 Å². The maximum Gasteiger partial charge on any atom is 0.417 e. The van der Waals surface area contributed by atoms with Crippen molar-refractivity contribution >= 4 is 33.8 Å². The summed E-state index contributed by atoms with van der Waals surface area (Å²) >= 11 is 0. The second-order valence-electron chi connectivity index (χ2n) is 7.93. The van der Waals surface area contributed by atoms with Crippen LogP contribution in [0.2, 0.25) is 0 Å². The SMILES string of the molecule is Cc1cc2cc(C(=O)N(Cc3ccc(C(F)(F)F)cn3)n3cnc4cccnc43)ccc2nc1N. The van der Waals surface area contributed by atoms with Crippen LogP contribution in [0.15, 0.2) is 67.3 Å². The molecule has 0 saturated carbocycles. The van der Waals surface area contributed by atoms with Crippen molar-refractivity contribution in [1.29, 1.82) is 0 Å². The highest BCUT2D eigenvalue weighted by molar-refractivity contribution is 6.04. The van der Waals surface area contributed by atoms with Crippen molar-refractivity contribution in [3.63, 3.8) is 0 Å². The van der Waals surface area contributed by atoms with E-state index in [-0.39, 0.29) is 12.2 Å². The Morgan fingerprint density at radius 3 is 2.63 bits per heavy atom. The molecule has 0 aliphatic carbocycles. The van der Waals surface area contributed by atoms with Gasteiger partial charge < -0.3 is 5.73 Å². The number of benzene rings is 1. The third-order valence-corrected chi connectivity index (χ3v) is 5.54. The number of hydrogen-bond donors (Lipinski definition) is 1. The Bertz CT molecular complexity index is 1560. The first-order valence-electron chi connectivity index (χ1n) is 10.5. The van der Waals surface area contributed by atoms with Gasteiger partial charge in [0.1, 0.15) is 17.7 Å². The van der Waals surface area contributed by atoms with Gasteiger partial charge in [0.15, 0.2) is 5.65 Å². The number of nitrogens with two attached hydrogens (primary N) is 1. The minimum Gasteiger partial charge on any atom is -0.383 e. The Kier molecular flexibility index (Phi) is 5.31. The van der Waals surface area contributed by atoms with E-state index in [0.29, 0.717) is 28.1 Å². The zero-order valence-corrected chi connectivity index (χ0v) is 18.4. The molecule has 8 nitrogen and oxygen atoms in total. The second kappa shape index (κ2) is 8.35. The summed E-state index contributed by atoms with van der Waals surface area (Å²) < 4.78 is 40.4. The summed E-state index contributed by atoms with van der Waals surface area (Å²) in [4.78, 5) is 30.6. The highest BCUT2D eigenvalue weighted by Gasteiger charge is 2.31. The van der Waals surface area contributed by atoms with Crippen molar-refractivity contribution in [3.8, 4) is 0 Å². The van der Waals surface area contributed by atoms with Crippen molar-refractivity contribution in [2.75, 3.05) is 10.7 Å². The molecule has 0 radical (unpaired) electrons. The molecule has 5 aromatic rings. The lowest BCUT2D eigenvalue weighted by atomic mass is 10.1.